The smallest absolute Gasteiger partial charge is 0.241 e. The van der Waals surface area contributed by atoms with Crippen molar-refractivity contribution < 1.29 is 13.5 Å². The quantitative estimate of drug-likeness (QED) is 0.494. The highest BCUT2D eigenvalue weighted by Crippen LogP contribution is 2.29. The summed E-state index contributed by atoms with van der Waals surface area (Å²) >= 11 is 1.40. The Balaban J connectivity index is 1.52. The Kier molecular flexibility index (Phi) is 5.28. The van der Waals surface area contributed by atoms with Gasteiger partial charge < -0.3 is 5.11 Å². The van der Waals surface area contributed by atoms with E-state index in [9.17, 15) is 13.5 Å². The fraction of sp³-hybridized carbons (Fsp3) is 0.0909. The molecule has 4 aromatic rings. The molecule has 1 atom stereocenters. The summed E-state index contributed by atoms with van der Waals surface area (Å²) < 4.78 is 28.3. The Morgan fingerprint density at radius 3 is 2.39 bits per heavy atom. The van der Waals surface area contributed by atoms with Crippen molar-refractivity contribution in [3.63, 3.8) is 0 Å². The molecular weight excluding hydrogens is 390 g/mol. The van der Waals surface area contributed by atoms with Gasteiger partial charge in [-0.15, -0.1) is 11.3 Å². The van der Waals surface area contributed by atoms with Gasteiger partial charge in [-0.3, -0.25) is 0 Å². The van der Waals surface area contributed by atoms with Gasteiger partial charge in [-0.2, -0.15) is 0 Å². The molecule has 1 heterocycles. The minimum atomic E-state index is -3.65. The third kappa shape index (κ3) is 3.86. The normalized spacial score (nSPS) is 12.9. The summed E-state index contributed by atoms with van der Waals surface area (Å²) in [5.74, 6) is 0. The Hall–Kier alpha value is -2.51. The molecule has 1 aromatic heterocycles. The van der Waals surface area contributed by atoms with E-state index in [0.29, 0.717) is 5.39 Å². The van der Waals surface area contributed by atoms with E-state index < -0.39 is 16.1 Å². The lowest BCUT2D eigenvalue weighted by atomic mass is 10.1. The van der Waals surface area contributed by atoms with Gasteiger partial charge in [-0.25, -0.2) is 13.1 Å². The standard InChI is InChI=1S/C22H19NO3S2/c24-22(17-8-2-1-3-9-17)20-14-13-18(27-20)15-23-28(25,26)21-12-6-10-16-7-4-5-11-19(16)21/h1-14,22-24H,15H2/t22-/m1/s1. The van der Waals surface area contributed by atoms with Crippen molar-refractivity contribution in [1.29, 1.82) is 0 Å². The molecule has 0 amide bonds. The Labute approximate surface area is 168 Å². The van der Waals surface area contributed by atoms with E-state index in [4.69, 9.17) is 0 Å². The van der Waals surface area contributed by atoms with E-state index in [1.165, 1.54) is 11.3 Å². The summed E-state index contributed by atoms with van der Waals surface area (Å²) in [5, 5.41) is 12.1. The molecule has 0 aliphatic rings. The topological polar surface area (TPSA) is 66.4 Å². The number of nitrogens with one attached hydrogen (secondary N) is 1. The summed E-state index contributed by atoms with van der Waals surface area (Å²) in [7, 11) is -3.65. The van der Waals surface area contributed by atoms with Crippen LogP contribution >= 0.6 is 11.3 Å². The van der Waals surface area contributed by atoms with Crippen LogP contribution in [0.25, 0.3) is 10.8 Å². The lowest BCUT2D eigenvalue weighted by Gasteiger charge is -2.09. The zero-order valence-electron chi connectivity index (χ0n) is 14.9. The molecule has 0 spiro atoms. The molecule has 0 unspecified atom stereocenters. The van der Waals surface area contributed by atoms with Crippen LogP contribution in [0.1, 0.15) is 21.4 Å². The molecule has 0 saturated carbocycles. The number of thiophene rings is 1. The van der Waals surface area contributed by atoms with Gasteiger partial charge in [0, 0.05) is 21.7 Å². The van der Waals surface area contributed by atoms with Crippen LogP contribution in [0.3, 0.4) is 0 Å². The molecule has 0 saturated heterocycles. The maximum atomic E-state index is 12.8. The van der Waals surface area contributed by atoms with E-state index in [2.05, 4.69) is 4.72 Å². The van der Waals surface area contributed by atoms with Crippen LogP contribution in [-0.2, 0) is 16.6 Å². The van der Waals surface area contributed by atoms with Crippen LogP contribution in [0.4, 0.5) is 0 Å². The molecule has 2 N–H and O–H groups in total. The fourth-order valence-corrected chi connectivity index (χ4v) is 5.40. The van der Waals surface area contributed by atoms with Crippen LogP contribution in [0.5, 0.6) is 0 Å². The van der Waals surface area contributed by atoms with Crippen molar-refractivity contribution in [3.8, 4) is 0 Å². The molecule has 4 nitrogen and oxygen atoms in total. The summed E-state index contributed by atoms with van der Waals surface area (Å²) in [6, 6.07) is 25.8. The van der Waals surface area contributed by atoms with Crippen LogP contribution < -0.4 is 4.72 Å². The van der Waals surface area contributed by atoms with Gasteiger partial charge in [0.1, 0.15) is 6.10 Å². The molecule has 0 aliphatic carbocycles. The van der Waals surface area contributed by atoms with Crippen molar-refractivity contribution in [1.82, 2.24) is 4.72 Å². The highest BCUT2D eigenvalue weighted by atomic mass is 32.2. The van der Waals surface area contributed by atoms with Gasteiger partial charge in [-0.1, -0.05) is 66.7 Å². The lowest BCUT2D eigenvalue weighted by Crippen LogP contribution is -2.23. The van der Waals surface area contributed by atoms with Crippen molar-refractivity contribution in [2.45, 2.75) is 17.5 Å². The first kappa shape index (κ1) is 18.8. The van der Waals surface area contributed by atoms with E-state index in [0.717, 1.165) is 20.7 Å². The first-order valence-corrected chi connectivity index (χ1v) is 11.1. The average Bonchev–Trinajstić information content (AvgIpc) is 3.21. The molecule has 28 heavy (non-hydrogen) atoms. The van der Waals surface area contributed by atoms with E-state index >= 15 is 0 Å². The van der Waals surface area contributed by atoms with Crippen LogP contribution in [0, 0.1) is 0 Å². The molecule has 0 bridgehead atoms. The molecule has 142 valence electrons. The van der Waals surface area contributed by atoms with Crippen molar-refractivity contribution >= 4 is 32.1 Å². The number of aliphatic hydroxyl groups is 1. The minimum absolute atomic E-state index is 0.178. The molecule has 0 radical (unpaired) electrons. The monoisotopic (exact) mass is 409 g/mol. The Morgan fingerprint density at radius 1 is 0.857 bits per heavy atom. The first-order chi connectivity index (χ1) is 13.5. The van der Waals surface area contributed by atoms with Crippen molar-refractivity contribution in [3.05, 3.63) is 100 Å². The predicted molar refractivity (Wildman–Crippen MR) is 113 cm³/mol. The molecule has 3 aromatic carbocycles. The third-order valence-corrected chi connectivity index (χ3v) is 7.14. The predicted octanol–water partition coefficient (Wildman–Crippen LogP) is 4.46. The Bertz CT molecular complexity index is 1200. The maximum Gasteiger partial charge on any atom is 0.241 e. The number of rotatable bonds is 6. The third-order valence-electron chi connectivity index (χ3n) is 4.54. The zero-order valence-corrected chi connectivity index (χ0v) is 16.6. The van der Waals surface area contributed by atoms with Gasteiger partial charge >= 0.3 is 0 Å². The molecule has 0 fully saturated rings. The maximum absolute atomic E-state index is 12.8. The Morgan fingerprint density at radius 2 is 1.57 bits per heavy atom. The second-order valence-corrected chi connectivity index (χ2v) is 9.35. The minimum Gasteiger partial charge on any atom is -0.383 e. The average molecular weight is 410 g/mol. The van der Waals surface area contributed by atoms with Gasteiger partial charge in [0.05, 0.1) is 4.90 Å². The van der Waals surface area contributed by atoms with Crippen LogP contribution in [0.15, 0.2) is 89.8 Å². The second kappa shape index (κ2) is 7.85. The van der Waals surface area contributed by atoms with Crippen molar-refractivity contribution in [2.75, 3.05) is 0 Å². The van der Waals surface area contributed by atoms with Gasteiger partial charge in [0.15, 0.2) is 0 Å². The largest absolute Gasteiger partial charge is 0.383 e. The number of hydrogen-bond acceptors (Lipinski definition) is 4. The molecular formula is C22H19NO3S2. The number of aliphatic hydroxyl groups excluding tert-OH is 1. The highest BCUT2D eigenvalue weighted by molar-refractivity contribution is 7.89. The second-order valence-electron chi connectivity index (χ2n) is 6.42. The number of benzene rings is 3. The SMILES string of the molecule is O=S(=O)(NCc1ccc([C@H](O)c2ccccc2)s1)c1cccc2ccccc12. The summed E-state index contributed by atoms with van der Waals surface area (Å²) in [5.41, 5.74) is 0.812. The molecule has 0 aliphatic heterocycles. The summed E-state index contributed by atoms with van der Waals surface area (Å²) in [6.07, 6.45) is -0.713. The van der Waals surface area contributed by atoms with Crippen LogP contribution in [-0.4, -0.2) is 13.5 Å². The lowest BCUT2D eigenvalue weighted by molar-refractivity contribution is 0.224. The number of fused-ring (bicyclic) bond motifs is 1. The zero-order chi connectivity index (χ0) is 19.6. The first-order valence-electron chi connectivity index (χ1n) is 8.84. The number of sulfonamides is 1. The van der Waals surface area contributed by atoms with E-state index in [1.54, 1.807) is 12.1 Å². The summed E-state index contributed by atoms with van der Waals surface area (Å²) in [4.78, 5) is 1.89. The van der Waals surface area contributed by atoms with Crippen LogP contribution in [0.2, 0.25) is 0 Å². The molecule has 4 rings (SSSR count). The van der Waals surface area contributed by atoms with E-state index in [1.807, 2.05) is 72.8 Å². The van der Waals surface area contributed by atoms with E-state index in [-0.39, 0.29) is 11.4 Å². The number of hydrogen-bond donors (Lipinski definition) is 2. The summed E-state index contributed by atoms with van der Waals surface area (Å²) in [6.45, 7) is 0.178. The molecule has 6 heteroatoms. The van der Waals surface area contributed by atoms with Gasteiger partial charge in [-0.05, 0) is 29.1 Å². The van der Waals surface area contributed by atoms with Crippen molar-refractivity contribution in [2.24, 2.45) is 0 Å². The highest BCUT2D eigenvalue weighted by Gasteiger charge is 2.18. The van der Waals surface area contributed by atoms with Gasteiger partial charge in [0.2, 0.25) is 10.0 Å². The fourth-order valence-electron chi connectivity index (χ4n) is 3.11. The van der Waals surface area contributed by atoms with Gasteiger partial charge in [0.25, 0.3) is 0 Å².